The number of carbonyl (C=O) groups excluding carboxylic acids is 1. The SMILES string of the molecule is O=C(CCn1nc(C(F)(F)F)c(Cl)c1C1CC1)NC1CCCCCC1. The van der Waals surface area contributed by atoms with Crippen LogP contribution in [0.15, 0.2) is 0 Å². The number of carbonyl (C=O) groups is 1. The first-order valence-corrected chi connectivity index (χ1v) is 9.37. The number of hydrogen-bond acceptors (Lipinski definition) is 2. The van der Waals surface area contributed by atoms with E-state index in [9.17, 15) is 18.0 Å². The summed E-state index contributed by atoms with van der Waals surface area (Å²) in [6, 6.07) is 0.185. The molecule has 3 rings (SSSR count). The van der Waals surface area contributed by atoms with E-state index < -0.39 is 11.9 Å². The molecule has 0 aliphatic heterocycles. The largest absolute Gasteiger partial charge is 0.436 e. The third kappa shape index (κ3) is 4.68. The maximum atomic E-state index is 13.0. The summed E-state index contributed by atoms with van der Waals surface area (Å²) in [5.74, 6) is -0.102. The average molecular weight is 378 g/mol. The summed E-state index contributed by atoms with van der Waals surface area (Å²) in [6.07, 6.45) is 3.75. The first-order valence-electron chi connectivity index (χ1n) is 8.99. The molecule has 4 nitrogen and oxygen atoms in total. The van der Waals surface area contributed by atoms with E-state index in [-0.39, 0.29) is 35.9 Å². The summed E-state index contributed by atoms with van der Waals surface area (Å²) in [4.78, 5) is 12.2. The Labute approximate surface area is 150 Å². The zero-order valence-electron chi connectivity index (χ0n) is 14.0. The van der Waals surface area contributed by atoms with Gasteiger partial charge < -0.3 is 5.32 Å². The van der Waals surface area contributed by atoms with Crippen LogP contribution >= 0.6 is 11.6 Å². The molecule has 0 spiro atoms. The molecular formula is C17H23ClF3N3O. The molecule has 8 heteroatoms. The number of amides is 1. The van der Waals surface area contributed by atoms with Gasteiger partial charge in [-0.25, -0.2) is 0 Å². The number of aryl methyl sites for hydroxylation is 1. The van der Waals surface area contributed by atoms with Crippen LogP contribution < -0.4 is 5.32 Å². The molecule has 0 saturated heterocycles. The molecule has 25 heavy (non-hydrogen) atoms. The Morgan fingerprint density at radius 3 is 2.36 bits per heavy atom. The van der Waals surface area contributed by atoms with Crippen molar-refractivity contribution < 1.29 is 18.0 Å². The van der Waals surface area contributed by atoms with Crippen molar-refractivity contribution in [3.8, 4) is 0 Å². The molecule has 1 N–H and O–H groups in total. The van der Waals surface area contributed by atoms with Crippen LogP contribution in [0.3, 0.4) is 0 Å². The van der Waals surface area contributed by atoms with Gasteiger partial charge in [0.25, 0.3) is 0 Å². The molecule has 0 aromatic carbocycles. The van der Waals surface area contributed by atoms with E-state index in [0.717, 1.165) is 38.5 Å². The van der Waals surface area contributed by atoms with Crippen molar-refractivity contribution in [2.45, 2.75) is 82.5 Å². The van der Waals surface area contributed by atoms with E-state index in [0.29, 0.717) is 5.69 Å². The van der Waals surface area contributed by atoms with Crippen molar-refractivity contribution in [2.75, 3.05) is 0 Å². The van der Waals surface area contributed by atoms with Gasteiger partial charge in [-0.05, 0) is 25.7 Å². The molecule has 1 heterocycles. The molecule has 2 saturated carbocycles. The normalized spacial score (nSPS) is 19.7. The lowest BCUT2D eigenvalue weighted by Crippen LogP contribution is -2.35. The minimum Gasteiger partial charge on any atom is -0.353 e. The summed E-state index contributed by atoms with van der Waals surface area (Å²) in [5, 5.41) is 6.36. The third-order valence-electron chi connectivity index (χ3n) is 4.94. The van der Waals surface area contributed by atoms with E-state index in [2.05, 4.69) is 10.4 Å². The Bertz CT molecular complexity index is 617. The van der Waals surface area contributed by atoms with Gasteiger partial charge in [0.1, 0.15) is 0 Å². The highest BCUT2D eigenvalue weighted by Gasteiger charge is 2.42. The van der Waals surface area contributed by atoms with Crippen molar-refractivity contribution in [3.05, 3.63) is 16.4 Å². The lowest BCUT2D eigenvalue weighted by molar-refractivity contribution is -0.141. The van der Waals surface area contributed by atoms with Crippen LogP contribution in [-0.4, -0.2) is 21.7 Å². The van der Waals surface area contributed by atoms with Crippen molar-refractivity contribution in [2.24, 2.45) is 0 Å². The summed E-state index contributed by atoms with van der Waals surface area (Å²) in [5.41, 5.74) is -0.614. The molecule has 0 atom stereocenters. The first-order chi connectivity index (χ1) is 11.9. The molecule has 2 fully saturated rings. The number of hydrogen-bond donors (Lipinski definition) is 1. The number of nitrogens with zero attached hydrogens (tertiary/aromatic N) is 2. The van der Waals surface area contributed by atoms with E-state index >= 15 is 0 Å². The zero-order chi connectivity index (χ0) is 18.0. The van der Waals surface area contributed by atoms with Gasteiger partial charge in [-0.2, -0.15) is 18.3 Å². The van der Waals surface area contributed by atoms with Gasteiger partial charge in [0.2, 0.25) is 5.91 Å². The first kappa shape index (κ1) is 18.5. The molecule has 0 unspecified atom stereocenters. The fourth-order valence-electron chi connectivity index (χ4n) is 3.48. The standard InChI is InChI=1S/C17H23ClF3N3O/c18-14-15(11-7-8-11)24(23-16(14)17(19,20)21)10-9-13(25)22-12-5-3-1-2-4-6-12/h11-12H,1-10H2,(H,22,25). The Hall–Kier alpha value is -1.24. The van der Waals surface area contributed by atoms with Gasteiger partial charge in [-0.3, -0.25) is 9.48 Å². The minimum absolute atomic E-state index is 0.0287. The molecule has 2 aliphatic carbocycles. The van der Waals surface area contributed by atoms with Gasteiger partial charge in [0.15, 0.2) is 5.69 Å². The molecule has 1 amide bonds. The molecule has 2 aliphatic rings. The average Bonchev–Trinajstić information content (AvgIpc) is 3.33. The second kappa shape index (κ2) is 7.56. The van der Waals surface area contributed by atoms with Crippen LogP contribution in [-0.2, 0) is 17.5 Å². The van der Waals surface area contributed by atoms with Gasteiger partial charge in [-0.1, -0.05) is 37.3 Å². The number of nitrogens with one attached hydrogen (secondary N) is 1. The van der Waals surface area contributed by atoms with Gasteiger partial charge in [0, 0.05) is 18.4 Å². The summed E-state index contributed by atoms with van der Waals surface area (Å²) in [6.45, 7) is 0.125. The van der Waals surface area contributed by atoms with Crippen LogP contribution in [0, 0.1) is 0 Å². The van der Waals surface area contributed by atoms with Gasteiger partial charge in [-0.15, -0.1) is 0 Å². The number of aromatic nitrogens is 2. The molecule has 0 radical (unpaired) electrons. The van der Waals surface area contributed by atoms with Crippen molar-refractivity contribution in [1.29, 1.82) is 0 Å². The highest BCUT2D eigenvalue weighted by molar-refractivity contribution is 6.32. The highest BCUT2D eigenvalue weighted by atomic mass is 35.5. The summed E-state index contributed by atoms with van der Waals surface area (Å²) < 4.78 is 40.4. The Morgan fingerprint density at radius 2 is 1.80 bits per heavy atom. The van der Waals surface area contributed by atoms with E-state index in [4.69, 9.17) is 11.6 Å². The van der Waals surface area contributed by atoms with Crippen LogP contribution in [0.1, 0.15) is 75.1 Å². The Morgan fingerprint density at radius 1 is 1.16 bits per heavy atom. The second-order valence-electron chi connectivity index (χ2n) is 7.05. The van der Waals surface area contributed by atoms with E-state index in [1.807, 2.05) is 0 Å². The zero-order valence-corrected chi connectivity index (χ0v) is 14.8. The smallest absolute Gasteiger partial charge is 0.353 e. The fourth-order valence-corrected chi connectivity index (χ4v) is 3.88. The Balaban J connectivity index is 1.63. The third-order valence-corrected chi connectivity index (χ3v) is 5.31. The molecule has 0 bridgehead atoms. The highest BCUT2D eigenvalue weighted by Crippen LogP contribution is 2.46. The van der Waals surface area contributed by atoms with Crippen LogP contribution in [0.2, 0.25) is 5.02 Å². The lowest BCUT2D eigenvalue weighted by Gasteiger charge is -2.16. The Kier molecular flexibility index (Phi) is 5.61. The molecular weight excluding hydrogens is 355 g/mol. The lowest BCUT2D eigenvalue weighted by atomic mass is 10.1. The van der Waals surface area contributed by atoms with Gasteiger partial charge in [0.05, 0.1) is 17.3 Å². The molecule has 140 valence electrons. The predicted octanol–water partition coefficient (Wildman–Crippen LogP) is 4.66. The summed E-state index contributed by atoms with van der Waals surface area (Å²) in [7, 11) is 0. The van der Waals surface area contributed by atoms with E-state index in [1.54, 1.807) is 0 Å². The summed E-state index contributed by atoms with van der Waals surface area (Å²) >= 11 is 5.93. The molecule has 1 aromatic heterocycles. The van der Waals surface area contributed by atoms with Crippen LogP contribution in [0.25, 0.3) is 0 Å². The minimum atomic E-state index is -4.57. The van der Waals surface area contributed by atoms with E-state index in [1.165, 1.54) is 17.5 Å². The quantitative estimate of drug-likeness (QED) is 0.758. The second-order valence-corrected chi connectivity index (χ2v) is 7.43. The number of rotatable bonds is 5. The monoisotopic (exact) mass is 377 g/mol. The number of alkyl halides is 3. The maximum Gasteiger partial charge on any atom is 0.436 e. The van der Waals surface area contributed by atoms with Crippen molar-refractivity contribution in [3.63, 3.8) is 0 Å². The van der Waals surface area contributed by atoms with Crippen molar-refractivity contribution >= 4 is 17.5 Å². The number of halogens is 4. The maximum absolute atomic E-state index is 13.0. The topological polar surface area (TPSA) is 46.9 Å². The van der Waals surface area contributed by atoms with Crippen molar-refractivity contribution in [1.82, 2.24) is 15.1 Å². The van der Waals surface area contributed by atoms with Crippen LogP contribution in [0.4, 0.5) is 13.2 Å². The predicted molar refractivity (Wildman–Crippen MR) is 88.5 cm³/mol. The van der Waals surface area contributed by atoms with Gasteiger partial charge >= 0.3 is 6.18 Å². The fraction of sp³-hybridized carbons (Fsp3) is 0.765. The molecule has 1 aromatic rings. The van der Waals surface area contributed by atoms with Crippen LogP contribution in [0.5, 0.6) is 0 Å².